The average Bonchev–Trinajstić information content (AvgIpc) is 3.36. The highest BCUT2D eigenvalue weighted by Crippen LogP contribution is 2.31. The first-order chi connectivity index (χ1) is 15.6. The second-order valence-corrected chi connectivity index (χ2v) is 9.08. The van der Waals surface area contributed by atoms with Crippen molar-refractivity contribution in [2.45, 2.75) is 45.2 Å². The Kier molecular flexibility index (Phi) is 5.75. The normalized spacial score (nSPS) is 13.7. The summed E-state index contributed by atoms with van der Waals surface area (Å²) in [5, 5.41) is 14.6. The highest BCUT2D eigenvalue weighted by Gasteiger charge is 2.18. The van der Waals surface area contributed by atoms with E-state index in [0.717, 1.165) is 43.0 Å². The minimum absolute atomic E-state index is 0.134. The second kappa shape index (κ2) is 8.84. The Morgan fingerprint density at radius 3 is 3.00 bits per heavy atom. The molecule has 4 heterocycles. The van der Waals surface area contributed by atoms with Crippen LogP contribution in [0.2, 0.25) is 5.02 Å². The van der Waals surface area contributed by atoms with Crippen molar-refractivity contribution >= 4 is 44.7 Å². The summed E-state index contributed by atoms with van der Waals surface area (Å²) >= 11 is 7.89. The molecule has 0 aliphatic carbocycles. The van der Waals surface area contributed by atoms with E-state index in [0.29, 0.717) is 20.9 Å². The van der Waals surface area contributed by atoms with Gasteiger partial charge in [0, 0.05) is 37.2 Å². The highest BCUT2D eigenvalue weighted by molar-refractivity contribution is 7.16. The summed E-state index contributed by atoms with van der Waals surface area (Å²) < 4.78 is 3.59. The topological polar surface area (TPSA) is 94.7 Å². The largest absolute Gasteiger partial charge is 0.326 e. The van der Waals surface area contributed by atoms with Crippen LogP contribution in [0.5, 0.6) is 0 Å². The molecule has 1 amide bonds. The van der Waals surface area contributed by atoms with E-state index in [-0.39, 0.29) is 24.4 Å². The molecule has 164 valence electrons. The van der Waals surface area contributed by atoms with Crippen LogP contribution in [-0.4, -0.2) is 30.2 Å². The summed E-state index contributed by atoms with van der Waals surface area (Å²) in [7, 11) is 0. The Bertz CT molecular complexity index is 1360. The van der Waals surface area contributed by atoms with Crippen LogP contribution >= 0.6 is 22.9 Å². The standard InChI is InChI=1S/C22H21ClN6O2S/c23-17-6-5-14(12-16(17)20-27-26-18-4-2-1-3-9-29(18)20)25-19(30)7-10-28-13-24-21-15(22(28)31)8-11-32-21/h5-6,8,11-13H,1-4,7,9-10H2,(H,25,30). The highest BCUT2D eigenvalue weighted by atomic mass is 35.5. The van der Waals surface area contributed by atoms with Gasteiger partial charge in [-0.1, -0.05) is 18.0 Å². The molecule has 3 aromatic heterocycles. The number of halogens is 1. The van der Waals surface area contributed by atoms with E-state index in [1.54, 1.807) is 18.2 Å². The zero-order valence-corrected chi connectivity index (χ0v) is 18.8. The molecule has 10 heteroatoms. The van der Waals surface area contributed by atoms with Crippen molar-refractivity contribution in [2.24, 2.45) is 0 Å². The smallest absolute Gasteiger partial charge is 0.262 e. The Labute approximate surface area is 192 Å². The van der Waals surface area contributed by atoms with Gasteiger partial charge in [-0.25, -0.2) is 4.98 Å². The van der Waals surface area contributed by atoms with E-state index in [1.807, 2.05) is 11.4 Å². The first kappa shape index (κ1) is 20.8. The van der Waals surface area contributed by atoms with Crippen molar-refractivity contribution < 1.29 is 4.79 Å². The number of amides is 1. The summed E-state index contributed by atoms with van der Waals surface area (Å²) in [5.74, 6) is 1.50. The predicted molar refractivity (Wildman–Crippen MR) is 125 cm³/mol. The number of rotatable bonds is 5. The summed E-state index contributed by atoms with van der Waals surface area (Å²) in [4.78, 5) is 30.0. The molecule has 0 unspecified atom stereocenters. The molecule has 0 bridgehead atoms. The number of aromatic nitrogens is 5. The third-order valence-electron chi connectivity index (χ3n) is 5.63. The van der Waals surface area contributed by atoms with E-state index in [2.05, 4.69) is 25.1 Å². The van der Waals surface area contributed by atoms with Gasteiger partial charge in [0.15, 0.2) is 5.82 Å². The number of carbonyl (C=O) groups is 1. The molecular weight excluding hydrogens is 448 g/mol. The summed E-state index contributed by atoms with van der Waals surface area (Å²) in [6.07, 6.45) is 5.91. The Hall–Kier alpha value is -3.04. The molecule has 1 aliphatic rings. The Morgan fingerprint density at radius 2 is 2.09 bits per heavy atom. The van der Waals surface area contributed by atoms with Gasteiger partial charge < -0.3 is 9.88 Å². The molecule has 0 spiro atoms. The first-order valence-corrected chi connectivity index (χ1v) is 11.8. The van der Waals surface area contributed by atoms with Crippen molar-refractivity contribution in [2.75, 3.05) is 5.32 Å². The van der Waals surface area contributed by atoms with Crippen molar-refractivity contribution in [3.8, 4) is 11.4 Å². The SMILES string of the molecule is O=C(CCn1cnc2sccc2c1=O)Nc1ccc(Cl)c(-c2nnc3n2CCCCC3)c1. The van der Waals surface area contributed by atoms with Crippen LogP contribution in [0.1, 0.15) is 31.5 Å². The van der Waals surface area contributed by atoms with Gasteiger partial charge in [-0.05, 0) is 42.5 Å². The monoisotopic (exact) mass is 468 g/mol. The number of aryl methyl sites for hydroxylation is 2. The molecule has 0 saturated carbocycles. The van der Waals surface area contributed by atoms with Crippen molar-refractivity contribution in [1.29, 1.82) is 0 Å². The van der Waals surface area contributed by atoms with Crippen LogP contribution in [0.3, 0.4) is 0 Å². The van der Waals surface area contributed by atoms with E-state index in [4.69, 9.17) is 11.6 Å². The van der Waals surface area contributed by atoms with E-state index in [9.17, 15) is 9.59 Å². The average molecular weight is 469 g/mol. The number of nitrogens with zero attached hydrogens (tertiary/aromatic N) is 5. The van der Waals surface area contributed by atoms with Crippen LogP contribution in [0.25, 0.3) is 21.6 Å². The van der Waals surface area contributed by atoms with E-state index >= 15 is 0 Å². The number of anilines is 1. The van der Waals surface area contributed by atoms with E-state index in [1.165, 1.54) is 28.7 Å². The maximum absolute atomic E-state index is 12.6. The van der Waals surface area contributed by atoms with Crippen LogP contribution < -0.4 is 10.9 Å². The quantitative estimate of drug-likeness (QED) is 0.475. The van der Waals surface area contributed by atoms with Gasteiger partial charge in [0.25, 0.3) is 5.56 Å². The summed E-state index contributed by atoms with van der Waals surface area (Å²) in [6, 6.07) is 7.10. The molecule has 0 radical (unpaired) electrons. The maximum atomic E-state index is 12.6. The molecule has 32 heavy (non-hydrogen) atoms. The third kappa shape index (κ3) is 4.05. The van der Waals surface area contributed by atoms with Gasteiger partial charge in [0.1, 0.15) is 10.7 Å². The van der Waals surface area contributed by atoms with Gasteiger partial charge in [-0.2, -0.15) is 0 Å². The van der Waals surface area contributed by atoms with E-state index < -0.39 is 0 Å². The van der Waals surface area contributed by atoms with Crippen LogP contribution in [-0.2, 0) is 24.3 Å². The fourth-order valence-electron chi connectivity index (χ4n) is 3.96. The lowest BCUT2D eigenvalue weighted by Crippen LogP contribution is -2.23. The lowest BCUT2D eigenvalue weighted by molar-refractivity contribution is -0.116. The fraction of sp³-hybridized carbons (Fsp3) is 0.318. The lowest BCUT2D eigenvalue weighted by Gasteiger charge is -2.11. The molecule has 4 aromatic rings. The van der Waals surface area contributed by atoms with Crippen LogP contribution in [0.4, 0.5) is 5.69 Å². The number of hydrogen-bond donors (Lipinski definition) is 1. The second-order valence-electron chi connectivity index (χ2n) is 7.78. The molecule has 1 aliphatic heterocycles. The minimum Gasteiger partial charge on any atom is -0.326 e. The van der Waals surface area contributed by atoms with Gasteiger partial charge >= 0.3 is 0 Å². The number of thiophene rings is 1. The Balaban J connectivity index is 1.31. The summed E-state index contributed by atoms with van der Waals surface area (Å²) in [5.41, 5.74) is 1.23. The van der Waals surface area contributed by atoms with Gasteiger partial charge in [-0.3, -0.25) is 14.2 Å². The minimum atomic E-state index is -0.198. The first-order valence-electron chi connectivity index (χ1n) is 10.5. The molecule has 5 rings (SSSR count). The molecule has 0 saturated heterocycles. The van der Waals surface area contributed by atoms with Crippen LogP contribution in [0.15, 0.2) is 40.8 Å². The summed E-state index contributed by atoms with van der Waals surface area (Å²) in [6.45, 7) is 1.11. The van der Waals surface area contributed by atoms with Gasteiger partial charge in [-0.15, -0.1) is 21.5 Å². The fourth-order valence-corrected chi connectivity index (χ4v) is 4.88. The van der Waals surface area contributed by atoms with Gasteiger partial charge in [0.05, 0.1) is 16.7 Å². The molecule has 1 aromatic carbocycles. The van der Waals surface area contributed by atoms with Crippen molar-refractivity contribution in [3.05, 3.63) is 57.2 Å². The zero-order chi connectivity index (χ0) is 22.1. The maximum Gasteiger partial charge on any atom is 0.262 e. The predicted octanol–water partition coefficient (Wildman–Crippen LogP) is 4.13. The molecule has 8 nitrogen and oxygen atoms in total. The van der Waals surface area contributed by atoms with Crippen molar-refractivity contribution in [3.63, 3.8) is 0 Å². The van der Waals surface area contributed by atoms with Gasteiger partial charge in [0.2, 0.25) is 5.91 Å². The zero-order valence-electron chi connectivity index (χ0n) is 17.3. The molecule has 0 atom stereocenters. The molecule has 1 N–H and O–H groups in total. The third-order valence-corrected chi connectivity index (χ3v) is 6.78. The number of hydrogen-bond acceptors (Lipinski definition) is 6. The lowest BCUT2D eigenvalue weighted by atomic mass is 10.1. The number of benzene rings is 1. The van der Waals surface area contributed by atoms with Crippen molar-refractivity contribution in [1.82, 2.24) is 24.3 Å². The number of nitrogens with one attached hydrogen (secondary N) is 1. The van der Waals surface area contributed by atoms with Crippen LogP contribution in [0, 0.1) is 0 Å². The number of carbonyl (C=O) groups excluding carboxylic acids is 1. The molecule has 0 fully saturated rings. The Morgan fingerprint density at radius 1 is 1.19 bits per heavy atom. The number of fused-ring (bicyclic) bond motifs is 2. The molecular formula is C22H21ClN6O2S.